The summed E-state index contributed by atoms with van der Waals surface area (Å²) in [6, 6.07) is 3.78. The van der Waals surface area contributed by atoms with E-state index in [1.165, 1.54) is 11.3 Å². The standard InChI is InChI=1S/C14H17NO3S/c16-13(17)8-7-11-5-6-12(19-11)9-15-14(18)10-3-1-2-4-10/h5-8,10H,1-4,9H2,(H,15,18)(H,16,17). The number of aliphatic carboxylic acids is 1. The van der Waals surface area contributed by atoms with Gasteiger partial charge in [0.15, 0.2) is 0 Å². The molecule has 2 N–H and O–H groups in total. The van der Waals surface area contributed by atoms with Crippen molar-refractivity contribution in [3.63, 3.8) is 0 Å². The summed E-state index contributed by atoms with van der Waals surface area (Å²) < 4.78 is 0. The van der Waals surface area contributed by atoms with E-state index < -0.39 is 5.97 Å². The van der Waals surface area contributed by atoms with Crippen molar-refractivity contribution in [2.24, 2.45) is 5.92 Å². The number of carbonyl (C=O) groups excluding carboxylic acids is 1. The maximum Gasteiger partial charge on any atom is 0.328 e. The predicted octanol–water partition coefficient (Wildman–Crippen LogP) is 2.65. The van der Waals surface area contributed by atoms with Crippen LogP contribution in [0.5, 0.6) is 0 Å². The van der Waals surface area contributed by atoms with Crippen LogP contribution in [0.2, 0.25) is 0 Å². The number of nitrogens with one attached hydrogen (secondary N) is 1. The lowest BCUT2D eigenvalue weighted by atomic mass is 10.1. The largest absolute Gasteiger partial charge is 0.478 e. The number of hydrogen-bond donors (Lipinski definition) is 2. The third kappa shape index (κ3) is 4.21. The average Bonchev–Trinajstić information content (AvgIpc) is 3.04. The van der Waals surface area contributed by atoms with Gasteiger partial charge in [0.2, 0.25) is 5.91 Å². The van der Waals surface area contributed by atoms with E-state index in [-0.39, 0.29) is 11.8 Å². The molecule has 1 amide bonds. The molecule has 1 saturated carbocycles. The first-order valence-electron chi connectivity index (χ1n) is 6.42. The van der Waals surface area contributed by atoms with Crippen molar-refractivity contribution < 1.29 is 14.7 Å². The van der Waals surface area contributed by atoms with E-state index in [0.29, 0.717) is 6.54 Å². The molecule has 1 aromatic rings. The Morgan fingerprint density at radius 3 is 2.79 bits per heavy atom. The van der Waals surface area contributed by atoms with Crippen molar-refractivity contribution in [1.29, 1.82) is 0 Å². The molecule has 19 heavy (non-hydrogen) atoms. The SMILES string of the molecule is O=C(O)C=Cc1ccc(CNC(=O)C2CCCC2)s1. The highest BCUT2D eigenvalue weighted by Gasteiger charge is 2.22. The molecular weight excluding hydrogens is 262 g/mol. The van der Waals surface area contributed by atoms with Gasteiger partial charge in [0.1, 0.15) is 0 Å². The van der Waals surface area contributed by atoms with Crippen LogP contribution in [0.4, 0.5) is 0 Å². The van der Waals surface area contributed by atoms with E-state index in [1.54, 1.807) is 6.08 Å². The third-order valence-corrected chi connectivity index (χ3v) is 4.29. The fourth-order valence-corrected chi connectivity index (χ4v) is 3.09. The van der Waals surface area contributed by atoms with Crippen molar-refractivity contribution >= 4 is 29.3 Å². The highest BCUT2D eigenvalue weighted by molar-refractivity contribution is 7.12. The van der Waals surface area contributed by atoms with Crippen molar-refractivity contribution in [1.82, 2.24) is 5.32 Å². The first-order chi connectivity index (χ1) is 9.15. The summed E-state index contributed by atoms with van der Waals surface area (Å²) in [7, 11) is 0. The maximum absolute atomic E-state index is 11.8. The average molecular weight is 279 g/mol. The second kappa shape index (κ2) is 6.52. The van der Waals surface area contributed by atoms with E-state index >= 15 is 0 Å². The van der Waals surface area contributed by atoms with Crippen molar-refractivity contribution in [3.05, 3.63) is 28.0 Å². The minimum atomic E-state index is -0.954. The molecule has 0 aromatic carbocycles. The van der Waals surface area contributed by atoms with Gasteiger partial charge in [0.05, 0.1) is 6.54 Å². The van der Waals surface area contributed by atoms with E-state index in [2.05, 4.69) is 5.32 Å². The van der Waals surface area contributed by atoms with Gasteiger partial charge in [-0.2, -0.15) is 0 Å². The minimum absolute atomic E-state index is 0.147. The Morgan fingerprint density at radius 1 is 1.37 bits per heavy atom. The molecule has 0 bridgehead atoms. The molecule has 0 saturated heterocycles. The van der Waals surface area contributed by atoms with Crippen molar-refractivity contribution in [2.45, 2.75) is 32.2 Å². The molecule has 2 rings (SSSR count). The molecule has 0 spiro atoms. The second-order valence-electron chi connectivity index (χ2n) is 4.67. The predicted molar refractivity (Wildman–Crippen MR) is 74.8 cm³/mol. The second-order valence-corrected chi connectivity index (χ2v) is 5.87. The molecule has 1 aliphatic rings. The fourth-order valence-electron chi connectivity index (χ4n) is 2.24. The fraction of sp³-hybridized carbons (Fsp3) is 0.429. The van der Waals surface area contributed by atoms with Crippen molar-refractivity contribution in [3.8, 4) is 0 Å². The van der Waals surface area contributed by atoms with Crippen LogP contribution in [0.15, 0.2) is 18.2 Å². The Morgan fingerprint density at radius 2 is 2.11 bits per heavy atom. The van der Waals surface area contributed by atoms with Gasteiger partial charge >= 0.3 is 5.97 Å². The van der Waals surface area contributed by atoms with Gasteiger partial charge < -0.3 is 10.4 Å². The molecule has 102 valence electrons. The molecule has 0 radical (unpaired) electrons. The third-order valence-electron chi connectivity index (χ3n) is 3.24. The first kappa shape index (κ1) is 13.8. The summed E-state index contributed by atoms with van der Waals surface area (Å²) in [5, 5.41) is 11.5. The summed E-state index contributed by atoms with van der Waals surface area (Å²) >= 11 is 1.49. The number of rotatable bonds is 5. The van der Waals surface area contributed by atoms with Gasteiger partial charge in [-0.25, -0.2) is 4.79 Å². The minimum Gasteiger partial charge on any atom is -0.478 e. The molecule has 4 nitrogen and oxygen atoms in total. The molecule has 0 unspecified atom stereocenters. The Hall–Kier alpha value is -1.62. The van der Waals surface area contributed by atoms with Crippen LogP contribution in [-0.2, 0) is 16.1 Å². The van der Waals surface area contributed by atoms with Crippen LogP contribution >= 0.6 is 11.3 Å². The number of amides is 1. The normalized spacial score (nSPS) is 16.0. The van der Waals surface area contributed by atoms with Crippen LogP contribution < -0.4 is 5.32 Å². The molecule has 0 aliphatic heterocycles. The number of carbonyl (C=O) groups is 2. The van der Waals surface area contributed by atoms with Crippen LogP contribution in [-0.4, -0.2) is 17.0 Å². The lowest BCUT2D eigenvalue weighted by molar-refractivity contribution is -0.131. The zero-order valence-corrected chi connectivity index (χ0v) is 11.4. The number of carboxylic acid groups (broad SMARTS) is 1. The highest BCUT2D eigenvalue weighted by atomic mass is 32.1. The van der Waals surface area contributed by atoms with E-state index in [9.17, 15) is 9.59 Å². The zero-order valence-electron chi connectivity index (χ0n) is 10.6. The van der Waals surface area contributed by atoms with Gasteiger partial charge in [-0.1, -0.05) is 12.8 Å². The van der Waals surface area contributed by atoms with Gasteiger partial charge in [-0.3, -0.25) is 4.79 Å². The van der Waals surface area contributed by atoms with Gasteiger partial charge in [0.25, 0.3) is 0 Å². The van der Waals surface area contributed by atoms with Crippen molar-refractivity contribution in [2.75, 3.05) is 0 Å². The van der Waals surface area contributed by atoms with Gasteiger partial charge in [0, 0.05) is 21.7 Å². The molecule has 1 aromatic heterocycles. The summed E-state index contributed by atoms with van der Waals surface area (Å²) in [6.45, 7) is 0.529. The lowest BCUT2D eigenvalue weighted by Gasteiger charge is -2.08. The van der Waals surface area contributed by atoms with Gasteiger partial charge in [-0.05, 0) is 31.1 Å². The molecule has 5 heteroatoms. The Labute approximate surface area is 116 Å². The van der Waals surface area contributed by atoms with E-state index in [0.717, 1.165) is 41.5 Å². The van der Waals surface area contributed by atoms with Crippen LogP contribution in [0.3, 0.4) is 0 Å². The first-order valence-corrected chi connectivity index (χ1v) is 7.24. The topological polar surface area (TPSA) is 66.4 Å². The molecular formula is C14H17NO3S. The molecule has 1 aliphatic carbocycles. The quantitative estimate of drug-likeness (QED) is 0.814. The van der Waals surface area contributed by atoms with Crippen LogP contribution in [0, 0.1) is 5.92 Å². The van der Waals surface area contributed by atoms with E-state index in [4.69, 9.17) is 5.11 Å². The smallest absolute Gasteiger partial charge is 0.328 e. The molecule has 1 heterocycles. The van der Waals surface area contributed by atoms with Gasteiger partial charge in [-0.15, -0.1) is 11.3 Å². The summed E-state index contributed by atoms with van der Waals surface area (Å²) in [4.78, 5) is 24.2. The summed E-state index contributed by atoms with van der Waals surface area (Å²) in [5.41, 5.74) is 0. The monoisotopic (exact) mass is 279 g/mol. The Kier molecular flexibility index (Phi) is 4.74. The van der Waals surface area contributed by atoms with Crippen LogP contribution in [0.25, 0.3) is 6.08 Å². The maximum atomic E-state index is 11.8. The molecule has 1 fully saturated rings. The highest BCUT2D eigenvalue weighted by Crippen LogP contribution is 2.25. The Balaban J connectivity index is 1.82. The zero-order chi connectivity index (χ0) is 13.7. The summed E-state index contributed by atoms with van der Waals surface area (Å²) in [6.07, 6.45) is 7.00. The number of hydrogen-bond acceptors (Lipinski definition) is 3. The number of carboxylic acids is 1. The van der Waals surface area contributed by atoms with E-state index in [1.807, 2.05) is 12.1 Å². The Bertz CT molecular complexity index is 487. The summed E-state index contributed by atoms with van der Waals surface area (Å²) in [5.74, 6) is -0.621. The molecule has 0 atom stereocenters. The van der Waals surface area contributed by atoms with Crippen LogP contribution in [0.1, 0.15) is 35.4 Å². The lowest BCUT2D eigenvalue weighted by Crippen LogP contribution is -2.28. The number of thiophene rings is 1.